The first-order valence-corrected chi connectivity index (χ1v) is 7.66. The highest BCUT2D eigenvalue weighted by molar-refractivity contribution is 6.31. The highest BCUT2D eigenvalue weighted by atomic mass is 35.5. The number of carbonyl (C=O) groups is 2. The number of halogens is 3. The monoisotopic (exact) mass is 350 g/mol. The van der Waals surface area contributed by atoms with Gasteiger partial charge >= 0.3 is 0 Å². The molecule has 0 aliphatic carbocycles. The Bertz CT molecular complexity index is 796. The molecule has 0 bridgehead atoms. The van der Waals surface area contributed by atoms with Gasteiger partial charge in [0.1, 0.15) is 17.7 Å². The van der Waals surface area contributed by atoms with Crippen LogP contribution in [0.15, 0.2) is 42.5 Å². The lowest BCUT2D eigenvalue weighted by Gasteiger charge is -2.17. The van der Waals surface area contributed by atoms with Gasteiger partial charge in [-0.05, 0) is 48.9 Å². The third-order valence-electron chi connectivity index (χ3n) is 3.83. The van der Waals surface area contributed by atoms with Gasteiger partial charge in [0.15, 0.2) is 0 Å². The Balaban J connectivity index is 1.70. The second-order valence-corrected chi connectivity index (χ2v) is 5.82. The predicted molar refractivity (Wildman–Crippen MR) is 86.0 cm³/mol. The molecule has 24 heavy (non-hydrogen) atoms. The molecular formula is C17H13ClF2N2O2. The summed E-state index contributed by atoms with van der Waals surface area (Å²) in [4.78, 5) is 26.1. The molecule has 3 rings (SSSR count). The highest BCUT2D eigenvalue weighted by Gasteiger charge is 2.33. The number of carbonyl (C=O) groups excluding carboxylic acids is 2. The lowest BCUT2D eigenvalue weighted by molar-refractivity contribution is -0.118. The number of hydrogen-bond donors (Lipinski definition) is 1. The van der Waals surface area contributed by atoms with Crippen LogP contribution in [0.1, 0.15) is 16.8 Å². The van der Waals surface area contributed by atoms with Gasteiger partial charge in [0.05, 0.1) is 5.02 Å². The Morgan fingerprint density at radius 3 is 2.54 bits per heavy atom. The van der Waals surface area contributed by atoms with Crippen molar-refractivity contribution in [3.8, 4) is 0 Å². The van der Waals surface area contributed by atoms with Crippen LogP contribution in [0.5, 0.6) is 0 Å². The van der Waals surface area contributed by atoms with Crippen LogP contribution < -0.4 is 10.2 Å². The van der Waals surface area contributed by atoms with Gasteiger partial charge < -0.3 is 10.2 Å². The fourth-order valence-corrected chi connectivity index (χ4v) is 2.75. The molecule has 1 N–H and O–H groups in total. The molecule has 0 aromatic heterocycles. The maximum absolute atomic E-state index is 13.1. The second-order valence-electron chi connectivity index (χ2n) is 5.41. The minimum absolute atomic E-state index is 0.159. The molecular weight excluding hydrogens is 338 g/mol. The van der Waals surface area contributed by atoms with E-state index in [0.717, 1.165) is 6.07 Å². The molecule has 4 nitrogen and oxygen atoms in total. The molecule has 124 valence electrons. The summed E-state index contributed by atoms with van der Waals surface area (Å²) < 4.78 is 26.1. The summed E-state index contributed by atoms with van der Waals surface area (Å²) in [6, 6.07) is 8.49. The quantitative estimate of drug-likeness (QED) is 0.924. The van der Waals surface area contributed by atoms with Gasteiger partial charge in [-0.25, -0.2) is 8.78 Å². The first-order valence-electron chi connectivity index (χ1n) is 7.28. The van der Waals surface area contributed by atoms with Crippen molar-refractivity contribution < 1.29 is 18.4 Å². The Hall–Kier alpha value is -2.47. The summed E-state index contributed by atoms with van der Waals surface area (Å²) in [6.45, 7) is 0.416. The third kappa shape index (κ3) is 3.23. The zero-order valence-corrected chi connectivity index (χ0v) is 13.2. The number of hydrogen-bond acceptors (Lipinski definition) is 2. The zero-order chi connectivity index (χ0) is 17.3. The van der Waals surface area contributed by atoms with E-state index in [1.54, 1.807) is 0 Å². The third-order valence-corrected chi connectivity index (χ3v) is 4.12. The van der Waals surface area contributed by atoms with E-state index in [0.29, 0.717) is 18.7 Å². The van der Waals surface area contributed by atoms with Crippen molar-refractivity contribution >= 4 is 29.1 Å². The van der Waals surface area contributed by atoms with E-state index in [9.17, 15) is 18.4 Å². The summed E-state index contributed by atoms with van der Waals surface area (Å²) in [6.07, 6.45) is 0.427. The van der Waals surface area contributed by atoms with E-state index < -0.39 is 17.8 Å². The lowest BCUT2D eigenvalue weighted by Crippen LogP contribution is -2.41. The molecule has 1 saturated heterocycles. The van der Waals surface area contributed by atoms with Gasteiger partial charge in [-0.2, -0.15) is 0 Å². The van der Waals surface area contributed by atoms with Crippen LogP contribution in [0.3, 0.4) is 0 Å². The second kappa shape index (κ2) is 6.57. The topological polar surface area (TPSA) is 49.4 Å². The van der Waals surface area contributed by atoms with Crippen LogP contribution in [0, 0.1) is 11.6 Å². The molecule has 2 amide bonds. The SMILES string of the molecule is O=C(N[C@H]1CCN(c2ccc(F)cc2)C1=O)c1ccc(F)c(Cl)c1. The van der Waals surface area contributed by atoms with Crippen LogP contribution in [-0.4, -0.2) is 24.4 Å². The minimum Gasteiger partial charge on any atom is -0.340 e. The largest absolute Gasteiger partial charge is 0.340 e. The summed E-state index contributed by atoms with van der Waals surface area (Å²) >= 11 is 5.66. The van der Waals surface area contributed by atoms with Crippen LogP contribution in [0.2, 0.25) is 5.02 Å². The molecule has 0 spiro atoms. The summed E-state index contributed by atoms with van der Waals surface area (Å²) in [5, 5.41) is 2.46. The average Bonchev–Trinajstić information content (AvgIpc) is 2.92. The molecule has 1 fully saturated rings. The van der Waals surface area contributed by atoms with Crippen molar-refractivity contribution in [2.75, 3.05) is 11.4 Å². The van der Waals surface area contributed by atoms with Crippen molar-refractivity contribution in [1.29, 1.82) is 0 Å². The molecule has 2 aromatic rings. The summed E-state index contributed by atoms with van der Waals surface area (Å²) in [5.41, 5.74) is 0.748. The zero-order valence-electron chi connectivity index (χ0n) is 12.4. The Labute approximate surface area is 142 Å². The number of rotatable bonds is 3. The van der Waals surface area contributed by atoms with Crippen molar-refractivity contribution in [3.63, 3.8) is 0 Å². The van der Waals surface area contributed by atoms with E-state index in [-0.39, 0.29) is 22.3 Å². The molecule has 1 aliphatic rings. The van der Waals surface area contributed by atoms with Gasteiger partial charge in [-0.1, -0.05) is 11.6 Å². The van der Waals surface area contributed by atoms with E-state index in [1.807, 2.05) is 0 Å². The molecule has 1 atom stereocenters. The number of anilines is 1. The van der Waals surface area contributed by atoms with Gasteiger partial charge in [0.25, 0.3) is 5.91 Å². The first-order chi connectivity index (χ1) is 11.5. The van der Waals surface area contributed by atoms with Gasteiger partial charge in [-0.15, -0.1) is 0 Å². The Kier molecular flexibility index (Phi) is 4.49. The molecule has 2 aromatic carbocycles. The number of nitrogens with zero attached hydrogens (tertiary/aromatic N) is 1. The molecule has 0 radical (unpaired) electrons. The molecule has 1 heterocycles. The van der Waals surface area contributed by atoms with Crippen LogP contribution in [0.4, 0.5) is 14.5 Å². The smallest absolute Gasteiger partial charge is 0.251 e. The fourth-order valence-electron chi connectivity index (χ4n) is 2.57. The maximum Gasteiger partial charge on any atom is 0.251 e. The Morgan fingerprint density at radius 1 is 1.17 bits per heavy atom. The van der Waals surface area contributed by atoms with E-state index >= 15 is 0 Å². The predicted octanol–water partition coefficient (Wildman–Crippen LogP) is 3.15. The van der Waals surface area contributed by atoms with Gasteiger partial charge in [0, 0.05) is 17.8 Å². The number of nitrogens with one attached hydrogen (secondary N) is 1. The van der Waals surface area contributed by atoms with Gasteiger partial charge in [-0.3, -0.25) is 9.59 Å². The number of amides is 2. The molecule has 0 unspecified atom stereocenters. The van der Waals surface area contributed by atoms with Crippen molar-refractivity contribution in [3.05, 3.63) is 64.7 Å². The van der Waals surface area contributed by atoms with Crippen molar-refractivity contribution in [1.82, 2.24) is 5.32 Å². The summed E-state index contributed by atoms with van der Waals surface area (Å²) in [5.74, 6) is -1.78. The fraction of sp³-hybridized carbons (Fsp3) is 0.176. The van der Waals surface area contributed by atoms with E-state index in [2.05, 4.69) is 5.32 Å². The van der Waals surface area contributed by atoms with Crippen LogP contribution >= 0.6 is 11.6 Å². The maximum atomic E-state index is 13.1. The normalized spacial score (nSPS) is 17.2. The van der Waals surface area contributed by atoms with E-state index in [4.69, 9.17) is 11.6 Å². The van der Waals surface area contributed by atoms with Crippen LogP contribution in [-0.2, 0) is 4.79 Å². The van der Waals surface area contributed by atoms with E-state index in [1.165, 1.54) is 41.3 Å². The molecule has 1 aliphatic heterocycles. The van der Waals surface area contributed by atoms with Crippen LogP contribution in [0.25, 0.3) is 0 Å². The van der Waals surface area contributed by atoms with Crippen molar-refractivity contribution in [2.45, 2.75) is 12.5 Å². The standard InChI is InChI=1S/C17H13ClF2N2O2/c18-13-9-10(1-6-14(13)20)16(23)21-15-7-8-22(17(15)24)12-4-2-11(19)3-5-12/h1-6,9,15H,7-8H2,(H,21,23)/t15-/m0/s1. The number of benzene rings is 2. The minimum atomic E-state index is -0.689. The Morgan fingerprint density at radius 2 is 1.88 bits per heavy atom. The average molecular weight is 351 g/mol. The summed E-state index contributed by atoms with van der Waals surface area (Å²) in [7, 11) is 0. The molecule has 0 saturated carbocycles. The van der Waals surface area contributed by atoms with Crippen molar-refractivity contribution in [2.24, 2.45) is 0 Å². The molecule has 7 heteroatoms. The highest BCUT2D eigenvalue weighted by Crippen LogP contribution is 2.22. The first kappa shape index (κ1) is 16.4. The van der Waals surface area contributed by atoms with Gasteiger partial charge in [0.2, 0.25) is 5.91 Å². The lowest BCUT2D eigenvalue weighted by atomic mass is 10.2.